The lowest BCUT2D eigenvalue weighted by atomic mass is 10.0. The molecule has 3 aromatic heterocycles. The van der Waals surface area contributed by atoms with E-state index in [1.165, 1.54) is 15.9 Å². The molecule has 0 bridgehead atoms. The maximum absolute atomic E-state index is 13.5. The molecular weight excluding hydrogens is 558 g/mol. The number of hydrogen-bond acceptors (Lipinski definition) is 7. The van der Waals surface area contributed by atoms with Crippen LogP contribution in [-0.2, 0) is 0 Å². The minimum Gasteiger partial charge on any atom is -0.494 e. The largest absolute Gasteiger partial charge is 0.494 e. The van der Waals surface area contributed by atoms with E-state index in [1.54, 1.807) is 0 Å². The van der Waals surface area contributed by atoms with E-state index >= 15 is 0 Å². The zero-order valence-electron chi connectivity index (χ0n) is 24.5. The van der Waals surface area contributed by atoms with Crippen molar-refractivity contribution in [3.8, 4) is 39.8 Å². The molecular formula is C34H33N5O3S. The minimum absolute atomic E-state index is 0.212. The normalized spacial score (nSPS) is 11.8. The zero-order valence-corrected chi connectivity index (χ0v) is 25.3. The predicted molar refractivity (Wildman–Crippen MR) is 171 cm³/mol. The molecule has 8 nitrogen and oxygen atoms in total. The number of aromatic nitrogens is 5. The number of ether oxygens (including phenoxy) is 2. The molecule has 9 heteroatoms. The molecule has 6 aromatic rings. The van der Waals surface area contributed by atoms with Crippen molar-refractivity contribution in [3.05, 3.63) is 105 Å². The van der Waals surface area contributed by atoms with Crippen molar-refractivity contribution in [1.29, 1.82) is 0 Å². The lowest BCUT2D eigenvalue weighted by Gasteiger charge is -2.08. The Bertz CT molecular complexity index is 1960. The van der Waals surface area contributed by atoms with Gasteiger partial charge in [0.2, 0.25) is 4.96 Å². The van der Waals surface area contributed by atoms with E-state index in [0.29, 0.717) is 28.5 Å². The number of aryl methyl sites for hydroxylation is 1. The number of hydrogen-bond donors (Lipinski definition) is 0. The summed E-state index contributed by atoms with van der Waals surface area (Å²) in [4.78, 5) is 18.7. The van der Waals surface area contributed by atoms with Crippen molar-refractivity contribution >= 4 is 22.4 Å². The van der Waals surface area contributed by atoms with Crippen LogP contribution in [0.2, 0.25) is 0 Å². The van der Waals surface area contributed by atoms with Crippen molar-refractivity contribution in [3.63, 3.8) is 0 Å². The van der Waals surface area contributed by atoms with Gasteiger partial charge < -0.3 is 9.47 Å². The Morgan fingerprint density at radius 2 is 1.70 bits per heavy atom. The van der Waals surface area contributed by atoms with Crippen LogP contribution >= 0.6 is 11.3 Å². The van der Waals surface area contributed by atoms with E-state index in [9.17, 15) is 4.79 Å². The first-order valence-electron chi connectivity index (χ1n) is 14.6. The first-order chi connectivity index (χ1) is 21.0. The van der Waals surface area contributed by atoms with Crippen molar-refractivity contribution in [1.82, 2.24) is 24.4 Å². The second-order valence-corrected chi connectivity index (χ2v) is 11.3. The van der Waals surface area contributed by atoms with E-state index in [2.05, 4.69) is 23.1 Å². The van der Waals surface area contributed by atoms with Crippen LogP contribution in [0.25, 0.3) is 39.4 Å². The van der Waals surface area contributed by atoms with Gasteiger partial charge in [0.1, 0.15) is 17.2 Å². The highest BCUT2D eigenvalue weighted by Crippen LogP contribution is 2.29. The maximum Gasteiger partial charge on any atom is 0.291 e. The van der Waals surface area contributed by atoms with Gasteiger partial charge in [0.05, 0.1) is 23.4 Å². The van der Waals surface area contributed by atoms with E-state index in [4.69, 9.17) is 14.6 Å². The van der Waals surface area contributed by atoms with Gasteiger partial charge in [-0.05, 0) is 86.5 Å². The number of unbranched alkanes of at least 4 members (excludes halogenated alkanes) is 2. The lowest BCUT2D eigenvalue weighted by molar-refractivity contribution is 0.306. The lowest BCUT2D eigenvalue weighted by Crippen LogP contribution is -2.23. The average Bonchev–Trinajstić information content (AvgIpc) is 3.72. The van der Waals surface area contributed by atoms with Crippen LogP contribution in [0.3, 0.4) is 0 Å². The monoisotopic (exact) mass is 591 g/mol. The molecule has 6 rings (SSSR count). The van der Waals surface area contributed by atoms with Crippen molar-refractivity contribution < 1.29 is 9.47 Å². The van der Waals surface area contributed by atoms with Crippen LogP contribution in [0, 0.1) is 6.92 Å². The van der Waals surface area contributed by atoms with Gasteiger partial charge in [-0.3, -0.25) is 4.79 Å². The highest BCUT2D eigenvalue weighted by atomic mass is 32.1. The molecule has 3 aromatic carbocycles. The standard InChI is InChI=1S/C34H33N5O3S/c1-4-6-10-19-42-28-16-13-24(14-17-28)32-35-34-39(37-32)33(40)30(43-34)21-26-22-38(27-11-8-7-9-12-27)36-31(26)25-15-18-29(41-5-2)23(3)20-25/h7-9,11-18,20-22H,4-6,10,19H2,1-3H3. The number of rotatable bonds is 11. The second-order valence-electron chi connectivity index (χ2n) is 10.3. The molecule has 3 heterocycles. The third kappa shape index (κ3) is 6.08. The van der Waals surface area contributed by atoms with Crippen molar-refractivity contribution in [2.24, 2.45) is 0 Å². The maximum atomic E-state index is 13.5. The van der Waals surface area contributed by atoms with E-state index in [0.717, 1.165) is 64.4 Å². The predicted octanol–water partition coefficient (Wildman–Crippen LogP) is 6.49. The number of fused-ring (bicyclic) bond motifs is 1. The first kappa shape index (κ1) is 28.4. The first-order valence-corrected chi connectivity index (χ1v) is 15.4. The summed E-state index contributed by atoms with van der Waals surface area (Å²) in [5.41, 5.74) is 5.10. The van der Waals surface area contributed by atoms with Gasteiger partial charge in [0.25, 0.3) is 5.56 Å². The Morgan fingerprint density at radius 1 is 0.907 bits per heavy atom. The second kappa shape index (κ2) is 12.6. The molecule has 0 N–H and O–H groups in total. The summed E-state index contributed by atoms with van der Waals surface area (Å²) in [6.07, 6.45) is 7.18. The topological polar surface area (TPSA) is 83.5 Å². The van der Waals surface area contributed by atoms with Crippen LogP contribution < -0.4 is 19.6 Å². The molecule has 43 heavy (non-hydrogen) atoms. The highest BCUT2D eigenvalue weighted by Gasteiger charge is 2.16. The van der Waals surface area contributed by atoms with E-state index < -0.39 is 0 Å². The fraction of sp³-hybridized carbons (Fsp3) is 0.235. The van der Waals surface area contributed by atoms with Crippen molar-refractivity contribution in [2.45, 2.75) is 40.0 Å². The Kier molecular flexibility index (Phi) is 8.33. The van der Waals surface area contributed by atoms with E-state index in [1.807, 2.05) is 97.5 Å². The summed E-state index contributed by atoms with van der Waals surface area (Å²) in [7, 11) is 0. The van der Waals surface area contributed by atoms with Crippen LogP contribution in [-0.4, -0.2) is 37.6 Å². The van der Waals surface area contributed by atoms with Gasteiger partial charge in [-0.25, -0.2) is 4.68 Å². The Hall–Kier alpha value is -4.76. The Balaban J connectivity index is 1.34. The fourth-order valence-electron chi connectivity index (χ4n) is 4.88. The van der Waals surface area contributed by atoms with Gasteiger partial charge in [0, 0.05) is 22.9 Å². The molecule has 0 radical (unpaired) electrons. The number of benzene rings is 3. The minimum atomic E-state index is -0.212. The molecule has 0 aliphatic heterocycles. The quantitative estimate of drug-likeness (QED) is 0.160. The van der Waals surface area contributed by atoms with E-state index in [-0.39, 0.29) is 5.56 Å². The molecule has 0 fully saturated rings. The van der Waals surface area contributed by atoms with Crippen LogP contribution in [0.5, 0.6) is 11.5 Å². The van der Waals surface area contributed by atoms with Gasteiger partial charge >= 0.3 is 0 Å². The summed E-state index contributed by atoms with van der Waals surface area (Å²) in [6.45, 7) is 7.47. The van der Waals surface area contributed by atoms with Gasteiger partial charge in [-0.15, -0.1) is 5.10 Å². The number of thiazole rings is 1. The summed E-state index contributed by atoms with van der Waals surface area (Å²) >= 11 is 1.31. The summed E-state index contributed by atoms with van der Waals surface area (Å²) in [5, 5.41) is 9.46. The molecule has 0 spiro atoms. The molecule has 0 atom stereocenters. The smallest absolute Gasteiger partial charge is 0.291 e. The molecule has 0 aliphatic carbocycles. The number of para-hydroxylation sites is 1. The SMILES string of the molecule is CCCCCOc1ccc(-c2nc3sc(=Cc4cn(-c5ccccc5)nc4-c4ccc(OCC)c(C)c4)c(=O)n3n2)cc1. The zero-order chi connectivity index (χ0) is 29.8. The molecule has 0 amide bonds. The highest BCUT2D eigenvalue weighted by molar-refractivity contribution is 7.15. The third-order valence-corrected chi connectivity index (χ3v) is 8.07. The van der Waals surface area contributed by atoms with Crippen LogP contribution in [0.4, 0.5) is 0 Å². The molecule has 0 aliphatic rings. The molecule has 0 saturated carbocycles. The van der Waals surface area contributed by atoms with Gasteiger partial charge in [-0.2, -0.15) is 14.6 Å². The molecule has 218 valence electrons. The third-order valence-electron chi connectivity index (χ3n) is 7.11. The Labute approximate surface area is 253 Å². The summed E-state index contributed by atoms with van der Waals surface area (Å²) in [6, 6.07) is 23.6. The van der Waals surface area contributed by atoms with Crippen LogP contribution in [0.15, 0.2) is 83.8 Å². The van der Waals surface area contributed by atoms with Crippen LogP contribution in [0.1, 0.15) is 44.2 Å². The Morgan fingerprint density at radius 3 is 2.42 bits per heavy atom. The summed E-state index contributed by atoms with van der Waals surface area (Å²) < 4.78 is 15.3. The number of nitrogens with zero attached hydrogens (tertiary/aromatic N) is 5. The summed E-state index contributed by atoms with van der Waals surface area (Å²) in [5.74, 6) is 2.17. The van der Waals surface area contributed by atoms with Gasteiger partial charge in [0.15, 0.2) is 5.82 Å². The fourth-order valence-corrected chi connectivity index (χ4v) is 5.78. The molecule has 0 saturated heterocycles. The molecule has 0 unspecified atom stereocenters. The van der Waals surface area contributed by atoms with Crippen molar-refractivity contribution in [2.75, 3.05) is 13.2 Å². The average molecular weight is 592 g/mol. The van der Waals surface area contributed by atoms with Gasteiger partial charge in [-0.1, -0.05) is 49.3 Å².